The van der Waals surface area contributed by atoms with Crippen molar-refractivity contribution >= 4 is 47.7 Å². The molecule has 0 saturated carbocycles. The highest BCUT2D eigenvalue weighted by Crippen LogP contribution is 2.39. The van der Waals surface area contributed by atoms with Gasteiger partial charge in [0.1, 0.15) is 21.0 Å². The normalized spacial score (nSPS) is 14.4. The summed E-state index contributed by atoms with van der Waals surface area (Å²) in [6, 6.07) is 5.57. The molecule has 0 amide bonds. The Balaban J connectivity index is 0.00000117. The van der Waals surface area contributed by atoms with Crippen LogP contribution in [0.1, 0.15) is 51.5 Å². The van der Waals surface area contributed by atoms with Gasteiger partial charge in [0.2, 0.25) is 0 Å². The molecule has 35 heavy (non-hydrogen) atoms. The number of aromatic nitrogens is 3. The van der Waals surface area contributed by atoms with E-state index in [1.165, 1.54) is 11.3 Å². The summed E-state index contributed by atoms with van der Waals surface area (Å²) in [5.74, 6) is 1.36. The molecule has 0 saturated heterocycles. The molecule has 1 aromatic carbocycles. The maximum absolute atomic E-state index is 13.5. The lowest BCUT2D eigenvalue weighted by Crippen LogP contribution is -2.33. The molecule has 0 radical (unpaired) electrons. The number of ether oxygens (including phenoxy) is 3. The van der Waals surface area contributed by atoms with E-state index in [9.17, 15) is 4.79 Å². The number of methoxy groups -OCH3 is 2. The minimum absolute atomic E-state index is 0. The summed E-state index contributed by atoms with van der Waals surface area (Å²) in [6.45, 7) is 9.01. The first-order valence-corrected chi connectivity index (χ1v) is 13.5. The van der Waals surface area contributed by atoms with E-state index in [0.29, 0.717) is 40.2 Å². The predicted molar refractivity (Wildman–Crippen MR) is 146 cm³/mol. The Morgan fingerprint density at radius 1 is 1.26 bits per heavy atom. The summed E-state index contributed by atoms with van der Waals surface area (Å²) in [6.07, 6.45) is 2.35. The average molecular weight is 563 g/mol. The second-order valence-electron chi connectivity index (χ2n) is 8.69. The summed E-state index contributed by atoms with van der Waals surface area (Å²) >= 11 is 5.06. The van der Waals surface area contributed by atoms with Gasteiger partial charge in [-0.05, 0) is 31.5 Å². The average Bonchev–Trinajstić information content (AvgIpc) is 3.23. The fourth-order valence-electron chi connectivity index (χ4n) is 4.32. The van der Waals surface area contributed by atoms with Crippen LogP contribution in [0.2, 0.25) is 0 Å². The van der Waals surface area contributed by atoms with E-state index in [1.54, 1.807) is 25.1 Å². The second kappa shape index (κ2) is 10.2. The van der Waals surface area contributed by atoms with Gasteiger partial charge in [-0.25, -0.2) is 9.97 Å². The van der Waals surface area contributed by atoms with Crippen LogP contribution in [0.5, 0.6) is 11.5 Å². The van der Waals surface area contributed by atoms with Crippen LogP contribution in [0, 0.1) is 0 Å². The minimum Gasteiger partial charge on any atom is -0.497 e. The van der Waals surface area contributed by atoms with E-state index in [1.807, 2.05) is 32.0 Å². The van der Waals surface area contributed by atoms with Crippen LogP contribution in [-0.2, 0) is 29.6 Å². The number of halogens is 1. The quantitative estimate of drug-likeness (QED) is 0.274. The zero-order valence-electron chi connectivity index (χ0n) is 20.9. The molecule has 1 aliphatic rings. The number of hydrogen-bond acceptors (Lipinski definition) is 7. The van der Waals surface area contributed by atoms with Crippen LogP contribution in [0.25, 0.3) is 20.4 Å². The summed E-state index contributed by atoms with van der Waals surface area (Å²) in [4.78, 5) is 24.0. The lowest BCUT2D eigenvalue weighted by atomic mass is 9.93. The van der Waals surface area contributed by atoms with Gasteiger partial charge in [0.25, 0.3) is 5.56 Å². The lowest BCUT2D eigenvalue weighted by Gasteiger charge is -2.32. The first kappa shape index (κ1) is 25.6. The first-order valence-electron chi connectivity index (χ1n) is 11.6. The van der Waals surface area contributed by atoms with Crippen molar-refractivity contribution in [3.05, 3.63) is 57.3 Å². The van der Waals surface area contributed by atoms with Crippen LogP contribution in [0.4, 0.5) is 0 Å². The van der Waals surface area contributed by atoms with Crippen LogP contribution in [-0.4, -0.2) is 34.4 Å². The van der Waals surface area contributed by atoms with Crippen LogP contribution >= 0.6 is 27.3 Å². The fourth-order valence-corrected chi connectivity index (χ4v) is 6.07. The molecule has 0 unspecified atom stereocenters. The Labute approximate surface area is 218 Å². The number of benzene rings is 1. The fraction of sp³-hybridized carbons (Fsp3) is 0.423. The highest BCUT2D eigenvalue weighted by atomic mass is 79.9. The van der Waals surface area contributed by atoms with Crippen molar-refractivity contribution in [3.63, 3.8) is 0 Å². The Morgan fingerprint density at radius 3 is 2.71 bits per heavy atom. The molecule has 9 heteroatoms. The molecule has 3 aromatic heterocycles. The molecule has 0 spiro atoms. The summed E-state index contributed by atoms with van der Waals surface area (Å²) in [5, 5.41) is 1.60. The highest BCUT2D eigenvalue weighted by Gasteiger charge is 2.30. The SMILES string of the molecule is CC.COc1ccc(Cn2cnc3c(sc4nc5c(c(CBr)c43)COC(C)(C)C5)c2=O)c(OC)c1.[HH]. The van der Waals surface area contributed by atoms with Crippen molar-refractivity contribution in [2.24, 2.45) is 0 Å². The molecule has 0 aliphatic carbocycles. The van der Waals surface area contributed by atoms with Crippen molar-refractivity contribution < 1.29 is 15.6 Å². The first-order chi connectivity index (χ1) is 16.8. The number of rotatable bonds is 5. The van der Waals surface area contributed by atoms with Gasteiger partial charge in [-0.3, -0.25) is 9.36 Å². The van der Waals surface area contributed by atoms with E-state index in [-0.39, 0.29) is 12.6 Å². The van der Waals surface area contributed by atoms with Gasteiger partial charge >= 0.3 is 0 Å². The zero-order chi connectivity index (χ0) is 25.3. The number of thiophene rings is 1. The van der Waals surface area contributed by atoms with Gasteiger partial charge in [-0.15, -0.1) is 11.3 Å². The molecule has 188 valence electrons. The molecule has 4 aromatic rings. The van der Waals surface area contributed by atoms with Gasteiger partial charge in [0, 0.05) is 35.8 Å². The molecule has 7 nitrogen and oxygen atoms in total. The van der Waals surface area contributed by atoms with Gasteiger partial charge in [0.05, 0.1) is 50.5 Å². The Hall–Kier alpha value is -2.49. The predicted octanol–water partition coefficient (Wildman–Crippen LogP) is 6.09. The number of alkyl halides is 1. The minimum atomic E-state index is -0.254. The Morgan fingerprint density at radius 2 is 2.03 bits per heavy atom. The van der Waals surface area contributed by atoms with Crippen molar-refractivity contribution in [1.29, 1.82) is 0 Å². The third kappa shape index (κ3) is 4.69. The summed E-state index contributed by atoms with van der Waals surface area (Å²) in [5.41, 5.74) is 4.49. The molecule has 0 fully saturated rings. The Bertz CT molecular complexity index is 1450. The molecule has 0 N–H and O–H groups in total. The standard InChI is InChI=1S/C24H24BrN3O4S.C2H6.H2/c1-24(2)8-17-16(11-32-24)15(9-25)19-20-21(33-22(19)27-17)23(29)28(12-26-20)10-13-5-6-14(30-3)7-18(13)31-4;1-2;/h5-7,12H,8-11H2,1-4H3;1-2H3;1H. The van der Waals surface area contributed by atoms with Gasteiger partial charge in [-0.1, -0.05) is 29.8 Å². The molecule has 0 atom stereocenters. The van der Waals surface area contributed by atoms with Crippen LogP contribution in [0.15, 0.2) is 29.3 Å². The molecule has 0 bridgehead atoms. The Kier molecular flexibility index (Phi) is 7.49. The van der Waals surface area contributed by atoms with E-state index in [4.69, 9.17) is 24.2 Å². The van der Waals surface area contributed by atoms with Crippen LogP contribution in [0.3, 0.4) is 0 Å². The molecule has 4 heterocycles. The number of pyridine rings is 1. The van der Waals surface area contributed by atoms with E-state index >= 15 is 0 Å². The monoisotopic (exact) mass is 561 g/mol. The van der Waals surface area contributed by atoms with E-state index in [0.717, 1.165) is 39.0 Å². The van der Waals surface area contributed by atoms with E-state index in [2.05, 4.69) is 29.8 Å². The largest absolute Gasteiger partial charge is 0.497 e. The highest BCUT2D eigenvalue weighted by molar-refractivity contribution is 9.08. The maximum Gasteiger partial charge on any atom is 0.271 e. The summed E-state index contributed by atoms with van der Waals surface area (Å²) < 4.78 is 19.1. The number of nitrogens with zero attached hydrogens (tertiary/aromatic N) is 3. The second-order valence-corrected chi connectivity index (χ2v) is 10.2. The number of hydrogen-bond donors (Lipinski definition) is 0. The molecule has 1 aliphatic heterocycles. The topological polar surface area (TPSA) is 75.5 Å². The lowest BCUT2D eigenvalue weighted by molar-refractivity contribution is -0.0413. The van der Waals surface area contributed by atoms with E-state index < -0.39 is 0 Å². The maximum atomic E-state index is 13.5. The van der Waals surface area contributed by atoms with Crippen molar-refractivity contribution in [1.82, 2.24) is 14.5 Å². The smallest absolute Gasteiger partial charge is 0.271 e. The third-order valence-corrected chi connectivity index (χ3v) is 7.69. The van der Waals surface area contributed by atoms with Gasteiger partial charge in [0.15, 0.2) is 0 Å². The van der Waals surface area contributed by atoms with Crippen molar-refractivity contribution in [3.8, 4) is 11.5 Å². The van der Waals surface area contributed by atoms with Crippen molar-refractivity contribution in [2.75, 3.05) is 14.2 Å². The summed E-state index contributed by atoms with van der Waals surface area (Å²) in [7, 11) is 3.22. The third-order valence-electron chi connectivity index (χ3n) is 6.07. The van der Waals surface area contributed by atoms with Gasteiger partial charge < -0.3 is 14.2 Å². The van der Waals surface area contributed by atoms with Gasteiger partial charge in [-0.2, -0.15) is 0 Å². The molecular formula is C26H32BrN3O4S. The molecule has 5 rings (SSSR count). The van der Waals surface area contributed by atoms with Crippen molar-refractivity contribution in [2.45, 2.75) is 58.2 Å². The number of fused-ring (bicyclic) bond motifs is 4. The van der Waals surface area contributed by atoms with Crippen LogP contribution < -0.4 is 15.0 Å². The molecular weight excluding hydrogens is 530 g/mol. The zero-order valence-corrected chi connectivity index (χ0v) is 23.3.